The molecule has 40 heavy (non-hydrogen) atoms. The standard InChI is InChI=1S/C36H76O3Si/c1-4-7-10-13-16-19-22-25-28-31-34-37-40(38-35-32-29-26-23-20-17-14-11-8-5-2)39-36-33-30-27-24-21-18-15-12-9-6-3/h40H,4-36H2,1-3H3. The Morgan fingerprint density at radius 2 is 0.425 bits per heavy atom. The molecular formula is C36H76O3Si. The van der Waals surface area contributed by atoms with Crippen molar-refractivity contribution in [3.05, 3.63) is 0 Å². The molecule has 0 saturated heterocycles. The van der Waals surface area contributed by atoms with Crippen molar-refractivity contribution in [1.29, 1.82) is 0 Å². The van der Waals surface area contributed by atoms with E-state index in [4.69, 9.17) is 13.3 Å². The summed E-state index contributed by atoms with van der Waals surface area (Å²) in [7, 11) is -1.98. The van der Waals surface area contributed by atoms with Crippen molar-refractivity contribution < 1.29 is 13.3 Å². The van der Waals surface area contributed by atoms with Crippen LogP contribution in [-0.4, -0.2) is 29.3 Å². The Morgan fingerprint density at radius 1 is 0.250 bits per heavy atom. The number of hydrogen-bond acceptors (Lipinski definition) is 3. The van der Waals surface area contributed by atoms with Crippen LogP contribution in [0.25, 0.3) is 0 Å². The SMILES string of the molecule is CCCCCCCCCCCCO[SiH](OCCCCCCCCCCCC)OCCCCCCCCCCCC. The first-order valence-corrected chi connectivity index (χ1v) is 20.1. The van der Waals surface area contributed by atoms with Crippen molar-refractivity contribution in [1.82, 2.24) is 0 Å². The average Bonchev–Trinajstić information content (AvgIpc) is 2.97. The van der Waals surface area contributed by atoms with Crippen molar-refractivity contribution in [2.75, 3.05) is 19.8 Å². The first kappa shape index (κ1) is 40.1. The molecule has 0 aromatic rings. The maximum Gasteiger partial charge on any atom is 0.484 e. The highest BCUT2D eigenvalue weighted by atomic mass is 28.3. The molecule has 0 unspecified atom stereocenters. The summed E-state index contributed by atoms with van der Waals surface area (Å²) in [5.74, 6) is 0. The molecule has 4 heteroatoms. The van der Waals surface area contributed by atoms with Crippen LogP contribution < -0.4 is 0 Å². The van der Waals surface area contributed by atoms with Crippen molar-refractivity contribution in [2.45, 2.75) is 213 Å². The minimum atomic E-state index is -1.98. The minimum Gasteiger partial charge on any atom is -0.376 e. The van der Waals surface area contributed by atoms with Gasteiger partial charge in [-0.05, 0) is 19.3 Å². The molecule has 0 radical (unpaired) electrons. The highest BCUT2D eigenvalue weighted by Crippen LogP contribution is 2.13. The quantitative estimate of drug-likeness (QED) is 0.0541. The summed E-state index contributed by atoms with van der Waals surface area (Å²) < 4.78 is 18.6. The first-order chi connectivity index (χ1) is 19.8. The van der Waals surface area contributed by atoms with Crippen LogP contribution in [-0.2, 0) is 13.3 Å². The van der Waals surface area contributed by atoms with Gasteiger partial charge in [0.05, 0.1) is 0 Å². The third kappa shape index (κ3) is 34.3. The molecule has 0 aliphatic carbocycles. The van der Waals surface area contributed by atoms with Gasteiger partial charge in [0.2, 0.25) is 0 Å². The summed E-state index contributed by atoms with van der Waals surface area (Å²) in [5, 5.41) is 0. The van der Waals surface area contributed by atoms with Gasteiger partial charge in [-0.15, -0.1) is 0 Å². The Hall–Kier alpha value is 0.0969. The smallest absolute Gasteiger partial charge is 0.376 e. The lowest BCUT2D eigenvalue weighted by Crippen LogP contribution is -2.28. The third-order valence-corrected chi connectivity index (χ3v) is 9.78. The molecule has 0 spiro atoms. The van der Waals surface area contributed by atoms with Crippen LogP contribution in [0.5, 0.6) is 0 Å². The van der Waals surface area contributed by atoms with Gasteiger partial charge in [0.1, 0.15) is 0 Å². The topological polar surface area (TPSA) is 27.7 Å². The molecule has 242 valence electrons. The fraction of sp³-hybridized carbons (Fsp3) is 1.00. The van der Waals surface area contributed by atoms with Crippen LogP contribution in [0.2, 0.25) is 0 Å². The molecule has 0 bridgehead atoms. The second-order valence-electron chi connectivity index (χ2n) is 12.4. The molecule has 0 atom stereocenters. The van der Waals surface area contributed by atoms with Crippen LogP contribution in [0.4, 0.5) is 0 Å². The molecule has 0 saturated carbocycles. The van der Waals surface area contributed by atoms with Crippen molar-refractivity contribution in [3.8, 4) is 0 Å². The van der Waals surface area contributed by atoms with E-state index in [2.05, 4.69) is 20.8 Å². The van der Waals surface area contributed by atoms with Crippen LogP contribution >= 0.6 is 0 Å². The van der Waals surface area contributed by atoms with Gasteiger partial charge in [0.15, 0.2) is 0 Å². The zero-order valence-electron chi connectivity index (χ0n) is 28.1. The Kier molecular flexibility index (Phi) is 37.2. The molecule has 0 aliphatic rings. The van der Waals surface area contributed by atoms with Gasteiger partial charge >= 0.3 is 9.53 Å². The molecule has 0 fully saturated rings. The van der Waals surface area contributed by atoms with Crippen LogP contribution in [0.15, 0.2) is 0 Å². The summed E-state index contributed by atoms with van der Waals surface area (Å²) in [6.07, 6.45) is 40.8. The monoisotopic (exact) mass is 585 g/mol. The Balaban J connectivity index is 3.89. The lowest BCUT2D eigenvalue weighted by Gasteiger charge is -2.17. The highest BCUT2D eigenvalue weighted by molar-refractivity contribution is 6.36. The van der Waals surface area contributed by atoms with E-state index in [9.17, 15) is 0 Å². The largest absolute Gasteiger partial charge is 0.484 e. The molecule has 0 heterocycles. The number of hydrogen-bond donors (Lipinski definition) is 0. The normalized spacial score (nSPS) is 11.7. The summed E-state index contributed by atoms with van der Waals surface area (Å²) in [4.78, 5) is 0. The summed E-state index contributed by atoms with van der Waals surface area (Å²) >= 11 is 0. The maximum atomic E-state index is 6.19. The van der Waals surface area contributed by atoms with Gasteiger partial charge in [-0.25, -0.2) is 0 Å². The fourth-order valence-corrected chi connectivity index (χ4v) is 6.82. The summed E-state index contributed by atoms with van der Waals surface area (Å²) in [6, 6.07) is 0. The van der Waals surface area contributed by atoms with Gasteiger partial charge in [-0.2, -0.15) is 0 Å². The first-order valence-electron chi connectivity index (χ1n) is 18.7. The van der Waals surface area contributed by atoms with Gasteiger partial charge in [0, 0.05) is 19.8 Å². The zero-order valence-corrected chi connectivity index (χ0v) is 29.3. The predicted octanol–water partition coefficient (Wildman–Crippen LogP) is 12.5. The highest BCUT2D eigenvalue weighted by Gasteiger charge is 2.15. The van der Waals surface area contributed by atoms with E-state index in [-0.39, 0.29) is 0 Å². The van der Waals surface area contributed by atoms with E-state index in [1.807, 2.05) is 0 Å². The van der Waals surface area contributed by atoms with Gasteiger partial charge < -0.3 is 13.3 Å². The second-order valence-corrected chi connectivity index (χ2v) is 14.0. The zero-order chi connectivity index (χ0) is 29.0. The van der Waals surface area contributed by atoms with Crippen molar-refractivity contribution in [3.63, 3.8) is 0 Å². The van der Waals surface area contributed by atoms with Gasteiger partial charge in [-0.3, -0.25) is 0 Å². The number of unbranched alkanes of at least 4 members (excludes halogenated alkanes) is 27. The molecule has 0 aliphatic heterocycles. The molecular weight excluding hydrogens is 508 g/mol. The van der Waals surface area contributed by atoms with Crippen molar-refractivity contribution >= 4 is 9.53 Å². The minimum absolute atomic E-state index is 0.823. The Labute approximate surface area is 255 Å². The molecule has 0 aromatic carbocycles. The molecule has 0 rings (SSSR count). The predicted molar refractivity (Wildman–Crippen MR) is 181 cm³/mol. The second kappa shape index (κ2) is 37.1. The lowest BCUT2D eigenvalue weighted by atomic mass is 10.1. The van der Waals surface area contributed by atoms with E-state index in [0.29, 0.717) is 0 Å². The average molecular weight is 585 g/mol. The Morgan fingerprint density at radius 3 is 0.625 bits per heavy atom. The molecule has 0 aromatic heterocycles. The fourth-order valence-electron chi connectivity index (χ4n) is 5.45. The van der Waals surface area contributed by atoms with E-state index >= 15 is 0 Å². The Bertz CT molecular complexity index is 372. The van der Waals surface area contributed by atoms with Crippen LogP contribution in [0, 0.1) is 0 Å². The van der Waals surface area contributed by atoms with Crippen LogP contribution in [0.3, 0.4) is 0 Å². The van der Waals surface area contributed by atoms with Gasteiger partial charge in [-0.1, -0.05) is 194 Å². The molecule has 0 amide bonds. The third-order valence-electron chi connectivity index (χ3n) is 8.26. The molecule has 0 N–H and O–H groups in total. The lowest BCUT2D eigenvalue weighted by molar-refractivity contribution is 0.0885. The van der Waals surface area contributed by atoms with E-state index < -0.39 is 9.53 Å². The summed E-state index contributed by atoms with van der Waals surface area (Å²) in [6.45, 7) is 9.35. The van der Waals surface area contributed by atoms with Gasteiger partial charge in [0.25, 0.3) is 0 Å². The van der Waals surface area contributed by atoms with Crippen molar-refractivity contribution in [2.24, 2.45) is 0 Å². The summed E-state index contributed by atoms with van der Waals surface area (Å²) in [5.41, 5.74) is 0. The number of rotatable bonds is 36. The van der Waals surface area contributed by atoms with E-state index in [1.165, 1.54) is 173 Å². The van der Waals surface area contributed by atoms with E-state index in [0.717, 1.165) is 39.1 Å². The molecule has 3 nitrogen and oxygen atoms in total. The van der Waals surface area contributed by atoms with E-state index in [1.54, 1.807) is 0 Å². The van der Waals surface area contributed by atoms with Crippen LogP contribution in [0.1, 0.15) is 213 Å². The maximum absolute atomic E-state index is 6.19.